The van der Waals surface area contributed by atoms with Crippen molar-refractivity contribution in [2.45, 2.75) is 110 Å². The third kappa shape index (κ3) is 14.8. The van der Waals surface area contributed by atoms with E-state index in [1.807, 2.05) is 0 Å². The maximum Gasteiger partial charge on any atom is 0.345 e. The second-order valence-electron chi connectivity index (χ2n) is 7.66. The van der Waals surface area contributed by atoms with Crippen molar-refractivity contribution in [1.82, 2.24) is 3.71 Å². The predicted molar refractivity (Wildman–Crippen MR) is 118 cm³/mol. The molecule has 172 valence electrons. The molecule has 0 saturated carbocycles. The van der Waals surface area contributed by atoms with Crippen molar-refractivity contribution in [3.8, 4) is 0 Å². The van der Waals surface area contributed by atoms with Gasteiger partial charge in [-0.05, 0) is 6.42 Å². The largest absolute Gasteiger partial charge is 0.345 e. The van der Waals surface area contributed by atoms with Gasteiger partial charge >= 0.3 is 10.2 Å². The van der Waals surface area contributed by atoms with E-state index in [0.29, 0.717) is 6.42 Å². The van der Waals surface area contributed by atoms with E-state index in [0.717, 1.165) is 38.8 Å². The molecule has 0 aromatic rings. The average Bonchev–Trinajstić information content (AvgIpc) is 2.67. The average molecular weight is 453 g/mol. The summed E-state index contributed by atoms with van der Waals surface area (Å²) in [5.74, 6) is -0.268. The lowest BCUT2D eigenvalue weighted by atomic mass is 10.0. The van der Waals surface area contributed by atoms with Crippen LogP contribution in [-0.2, 0) is 25.0 Å². The Kier molecular flexibility index (Phi) is 16.5. The Morgan fingerprint density at radius 3 is 1.34 bits per heavy atom. The summed E-state index contributed by atoms with van der Waals surface area (Å²) < 4.78 is 49.6. The molecule has 0 aliphatic rings. The maximum atomic E-state index is 12.0. The quantitative estimate of drug-likeness (QED) is 0.145. The Labute approximate surface area is 178 Å². The molecule has 29 heavy (non-hydrogen) atoms. The molecule has 0 spiro atoms. The summed E-state index contributed by atoms with van der Waals surface area (Å²) >= 11 is 0. The molecule has 0 unspecified atom stereocenters. The molecule has 0 N–H and O–H groups in total. The number of isocyanates is 1. The Morgan fingerprint density at radius 1 is 0.655 bits per heavy atom. The van der Waals surface area contributed by atoms with Crippen molar-refractivity contribution in [1.29, 1.82) is 0 Å². The van der Waals surface area contributed by atoms with E-state index in [1.165, 1.54) is 70.6 Å². The predicted octanol–water partition coefficient (Wildman–Crippen LogP) is 5.09. The van der Waals surface area contributed by atoms with Gasteiger partial charge in [-0.1, -0.05) is 111 Å². The molecule has 0 aromatic carbocycles. The number of hydrogen-bond donors (Lipinski definition) is 0. The van der Waals surface area contributed by atoms with E-state index in [2.05, 4.69) is 11.3 Å². The fourth-order valence-electron chi connectivity index (χ4n) is 3.21. The van der Waals surface area contributed by atoms with Gasteiger partial charge in [0, 0.05) is 7.05 Å². The van der Waals surface area contributed by atoms with E-state index in [9.17, 15) is 21.6 Å². The van der Waals surface area contributed by atoms with Crippen LogP contribution in [0.1, 0.15) is 110 Å². The van der Waals surface area contributed by atoms with Crippen LogP contribution in [0.4, 0.5) is 0 Å². The highest BCUT2D eigenvalue weighted by Gasteiger charge is 2.29. The molecule has 9 heteroatoms. The lowest BCUT2D eigenvalue weighted by Crippen LogP contribution is -2.33. The van der Waals surface area contributed by atoms with Crippen molar-refractivity contribution in [2.24, 2.45) is 4.40 Å². The Morgan fingerprint density at radius 2 is 1.00 bits per heavy atom. The van der Waals surface area contributed by atoms with Crippen LogP contribution in [0, 0.1) is 0 Å². The van der Waals surface area contributed by atoms with Crippen LogP contribution < -0.4 is 0 Å². The third-order valence-corrected chi connectivity index (χ3v) is 8.91. The summed E-state index contributed by atoms with van der Waals surface area (Å²) in [6.45, 7) is 2.24. The molecule has 7 nitrogen and oxygen atoms in total. The Bertz CT molecular complexity index is 656. The molecular weight excluding hydrogens is 412 g/mol. The fraction of sp³-hybridized carbons (Fsp3) is 0.950. The van der Waals surface area contributed by atoms with Gasteiger partial charge in [-0.25, -0.2) is 13.2 Å². The molecule has 0 aliphatic carbocycles. The minimum atomic E-state index is -4.49. The van der Waals surface area contributed by atoms with Crippen molar-refractivity contribution < 1.29 is 21.6 Å². The Balaban J connectivity index is 3.59. The maximum absolute atomic E-state index is 12.0. The first kappa shape index (κ1) is 28.2. The zero-order chi connectivity index (χ0) is 22.0. The van der Waals surface area contributed by atoms with Gasteiger partial charge in [-0.3, -0.25) is 0 Å². The minimum absolute atomic E-state index is 0.149. The number of rotatable bonds is 20. The molecule has 0 heterocycles. The van der Waals surface area contributed by atoms with E-state index in [-0.39, 0.29) is 9.46 Å². The minimum Gasteiger partial charge on any atom is -0.211 e. The van der Waals surface area contributed by atoms with Crippen molar-refractivity contribution in [2.75, 3.05) is 12.8 Å². The van der Waals surface area contributed by atoms with Crippen LogP contribution in [0.2, 0.25) is 0 Å². The number of nitrogens with zero attached hydrogens (tertiary/aromatic N) is 2. The Hall–Kier alpha value is -0.760. The van der Waals surface area contributed by atoms with Crippen LogP contribution in [0.15, 0.2) is 4.40 Å². The first-order valence-electron chi connectivity index (χ1n) is 11.1. The van der Waals surface area contributed by atoms with E-state index in [4.69, 9.17) is 0 Å². The third-order valence-electron chi connectivity index (χ3n) is 5.13. The van der Waals surface area contributed by atoms with Gasteiger partial charge in [-0.2, -0.15) is 8.42 Å². The standard InChI is InChI=1S/C20H40N2O5S2/c1-3-4-5-6-7-8-9-10-11-12-13-14-15-16-17-18-19-28(24,25)22(2)29(26,27)21-20-23/h3-19H2,1-2H3. The lowest BCUT2D eigenvalue weighted by molar-refractivity contribution is 0.519. The van der Waals surface area contributed by atoms with Gasteiger partial charge in [0.25, 0.3) is 6.08 Å². The van der Waals surface area contributed by atoms with Crippen LogP contribution in [0.25, 0.3) is 0 Å². The molecule has 0 atom stereocenters. The second kappa shape index (κ2) is 17.0. The van der Waals surface area contributed by atoms with Gasteiger partial charge in [0.1, 0.15) is 0 Å². The van der Waals surface area contributed by atoms with Crippen molar-refractivity contribution >= 4 is 26.3 Å². The van der Waals surface area contributed by atoms with Gasteiger partial charge in [0.15, 0.2) is 0 Å². The summed E-state index contributed by atoms with van der Waals surface area (Å²) in [5.41, 5.74) is 0. The number of unbranched alkanes of at least 4 members (excludes halogenated alkanes) is 15. The highest BCUT2D eigenvalue weighted by molar-refractivity contribution is 8.03. The summed E-state index contributed by atoms with van der Waals surface area (Å²) in [6.07, 6.45) is 19.8. The van der Waals surface area contributed by atoms with Crippen molar-refractivity contribution in [3.05, 3.63) is 0 Å². The summed E-state index contributed by atoms with van der Waals surface area (Å²) in [6, 6.07) is 0. The summed E-state index contributed by atoms with van der Waals surface area (Å²) in [7, 11) is -7.59. The van der Waals surface area contributed by atoms with Crippen LogP contribution >= 0.6 is 0 Å². The first-order valence-corrected chi connectivity index (χ1v) is 14.1. The molecular formula is C20H40N2O5S2. The van der Waals surface area contributed by atoms with E-state index < -0.39 is 20.2 Å². The van der Waals surface area contributed by atoms with Crippen molar-refractivity contribution in [3.63, 3.8) is 0 Å². The van der Waals surface area contributed by atoms with Crippen LogP contribution in [-0.4, -0.2) is 39.4 Å². The summed E-state index contributed by atoms with van der Waals surface area (Å²) in [5, 5.41) is 0. The SMILES string of the molecule is CCCCCCCCCCCCCCCCCCS(=O)(=O)N(C)S(=O)(=O)N=C=O. The fourth-order valence-corrected chi connectivity index (χ4v) is 5.72. The smallest absolute Gasteiger partial charge is 0.211 e. The first-order chi connectivity index (χ1) is 13.8. The van der Waals surface area contributed by atoms with E-state index >= 15 is 0 Å². The second-order valence-corrected chi connectivity index (χ2v) is 11.6. The normalized spacial score (nSPS) is 12.2. The molecule has 0 amide bonds. The zero-order valence-corrected chi connectivity index (χ0v) is 19.9. The van der Waals surface area contributed by atoms with Crippen LogP contribution in [0.3, 0.4) is 0 Å². The number of hydrogen-bond acceptors (Lipinski definition) is 5. The zero-order valence-electron chi connectivity index (χ0n) is 18.3. The highest BCUT2D eigenvalue weighted by Crippen LogP contribution is 2.15. The monoisotopic (exact) mass is 452 g/mol. The summed E-state index contributed by atoms with van der Waals surface area (Å²) in [4.78, 5) is 10.1. The molecule has 0 fully saturated rings. The van der Waals surface area contributed by atoms with Gasteiger partial charge in [0.05, 0.1) is 5.75 Å². The van der Waals surface area contributed by atoms with Gasteiger partial charge < -0.3 is 0 Å². The molecule has 0 aromatic heterocycles. The molecule has 0 bridgehead atoms. The molecule has 0 saturated heterocycles. The van der Waals surface area contributed by atoms with Gasteiger partial charge in [0.2, 0.25) is 10.0 Å². The highest BCUT2D eigenvalue weighted by atomic mass is 32.3. The number of sulfonamides is 1. The molecule has 0 radical (unpaired) electrons. The lowest BCUT2D eigenvalue weighted by Gasteiger charge is -2.13. The van der Waals surface area contributed by atoms with Gasteiger partial charge in [-0.15, -0.1) is 0 Å². The topological polar surface area (TPSA) is 101 Å². The number of carbonyl (C=O) groups excluding carboxylic acids is 1. The molecule has 0 rings (SSSR count). The molecule has 0 aliphatic heterocycles. The van der Waals surface area contributed by atoms with E-state index in [1.54, 1.807) is 0 Å². The van der Waals surface area contributed by atoms with Crippen LogP contribution in [0.5, 0.6) is 0 Å².